The van der Waals surface area contributed by atoms with Crippen molar-refractivity contribution in [1.82, 2.24) is 14.5 Å². The van der Waals surface area contributed by atoms with Crippen LogP contribution in [0.1, 0.15) is 16.2 Å². The second-order valence-electron chi connectivity index (χ2n) is 7.43. The molecule has 1 saturated heterocycles. The maximum atomic E-state index is 13.7. The summed E-state index contributed by atoms with van der Waals surface area (Å²) in [6.45, 7) is 3.66. The molecule has 0 saturated carbocycles. The zero-order valence-electron chi connectivity index (χ0n) is 18.1. The van der Waals surface area contributed by atoms with E-state index in [-0.39, 0.29) is 5.82 Å². The molecule has 0 atom stereocenters. The lowest BCUT2D eigenvalue weighted by atomic mass is 9.95. The number of benzene rings is 1. The van der Waals surface area contributed by atoms with Crippen molar-refractivity contribution in [3.8, 4) is 34.1 Å². The quantitative estimate of drug-likeness (QED) is 0.467. The van der Waals surface area contributed by atoms with Gasteiger partial charge in [0.2, 0.25) is 0 Å². The van der Waals surface area contributed by atoms with Gasteiger partial charge in [-0.3, -0.25) is 9.88 Å². The first-order chi connectivity index (χ1) is 15.6. The number of morpholine rings is 1. The van der Waals surface area contributed by atoms with Crippen LogP contribution in [0.25, 0.3) is 22.3 Å². The molecule has 2 aromatic heterocycles. The van der Waals surface area contributed by atoms with E-state index in [0.29, 0.717) is 36.7 Å². The Balaban J connectivity index is 1.90. The molecular weight excluding hydrogens is 409 g/mol. The Morgan fingerprint density at radius 3 is 2.41 bits per heavy atom. The van der Waals surface area contributed by atoms with E-state index in [2.05, 4.69) is 21.7 Å². The van der Waals surface area contributed by atoms with Crippen molar-refractivity contribution in [2.24, 2.45) is 7.05 Å². The monoisotopic (exact) mass is 433 g/mol. The first-order valence-electron chi connectivity index (χ1n) is 10.4. The Morgan fingerprint density at radius 2 is 1.75 bits per heavy atom. The summed E-state index contributed by atoms with van der Waals surface area (Å²) in [5, 5.41) is 0. The van der Waals surface area contributed by atoms with Gasteiger partial charge in [0.1, 0.15) is 17.2 Å². The Hall–Kier alpha value is -3.47. The molecule has 1 aliphatic heterocycles. The molecule has 7 heteroatoms. The summed E-state index contributed by atoms with van der Waals surface area (Å²) >= 11 is 0. The number of carbonyl (C=O) groups is 1. The Kier molecular flexibility index (Phi) is 6.64. The number of nitrogens with zero attached hydrogens (tertiary/aromatic N) is 3. The van der Waals surface area contributed by atoms with E-state index in [4.69, 9.17) is 9.47 Å². The van der Waals surface area contributed by atoms with Crippen molar-refractivity contribution in [3.05, 3.63) is 66.0 Å². The summed E-state index contributed by atoms with van der Waals surface area (Å²) in [6, 6.07) is 9.87. The number of hydrogen-bond donors (Lipinski definition) is 0. The van der Waals surface area contributed by atoms with Crippen LogP contribution in [0.2, 0.25) is 0 Å². The molecule has 0 unspecified atom stereocenters. The van der Waals surface area contributed by atoms with Gasteiger partial charge >= 0.3 is 5.97 Å². The second kappa shape index (κ2) is 9.77. The van der Waals surface area contributed by atoms with E-state index in [1.165, 1.54) is 19.2 Å². The number of hydrogen-bond acceptors (Lipinski definition) is 5. The first-order valence-corrected chi connectivity index (χ1v) is 10.4. The number of pyridine rings is 1. The molecule has 3 aromatic rings. The van der Waals surface area contributed by atoms with Crippen molar-refractivity contribution < 1.29 is 18.7 Å². The number of halogens is 1. The van der Waals surface area contributed by atoms with Crippen LogP contribution in [-0.2, 0) is 16.5 Å². The molecule has 3 heterocycles. The van der Waals surface area contributed by atoms with Gasteiger partial charge in [-0.2, -0.15) is 0 Å². The zero-order valence-corrected chi connectivity index (χ0v) is 18.1. The molecule has 1 aromatic carbocycles. The first kappa shape index (κ1) is 21.8. The molecule has 0 N–H and O–H groups in total. The fourth-order valence-corrected chi connectivity index (χ4v) is 3.86. The summed E-state index contributed by atoms with van der Waals surface area (Å²) in [7, 11) is 3.15. The molecule has 0 amide bonds. The van der Waals surface area contributed by atoms with Gasteiger partial charge in [0.05, 0.1) is 26.9 Å². The maximum Gasteiger partial charge on any atom is 0.355 e. The van der Waals surface area contributed by atoms with Gasteiger partial charge in [-0.1, -0.05) is 18.1 Å². The van der Waals surface area contributed by atoms with Crippen molar-refractivity contribution in [2.75, 3.05) is 40.0 Å². The molecular formula is C25H24FN3O3. The number of methoxy groups -OCH3 is 1. The fraction of sp³-hybridized carbons (Fsp3) is 0.280. The van der Waals surface area contributed by atoms with Crippen molar-refractivity contribution in [3.63, 3.8) is 0 Å². The highest BCUT2D eigenvalue weighted by atomic mass is 19.1. The largest absolute Gasteiger partial charge is 0.464 e. The second-order valence-corrected chi connectivity index (χ2v) is 7.43. The summed E-state index contributed by atoms with van der Waals surface area (Å²) in [6.07, 6.45) is 3.34. The van der Waals surface area contributed by atoms with E-state index in [1.807, 2.05) is 12.1 Å². The standard InChI is InChI=1S/C25H24FN3O3/c1-28-21(4-3-13-29-14-16-32-17-15-29)22(18-5-7-20(26)8-6-18)23(24(28)25(30)31-2)19-9-11-27-12-10-19/h5-12H,13-17H2,1-2H3. The maximum absolute atomic E-state index is 13.7. The van der Waals surface area contributed by atoms with Crippen LogP contribution in [0.4, 0.5) is 4.39 Å². The van der Waals surface area contributed by atoms with Gasteiger partial charge in [-0.15, -0.1) is 0 Å². The van der Waals surface area contributed by atoms with Gasteiger partial charge in [0, 0.05) is 43.7 Å². The molecule has 1 fully saturated rings. The van der Waals surface area contributed by atoms with Crippen molar-refractivity contribution in [1.29, 1.82) is 0 Å². The van der Waals surface area contributed by atoms with Crippen LogP contribution in [0.5, 0.6) is 0 Å². The molecule has 6 nitrogen and oxygen atoms in total. The van der Waals surface area contributed by atoms with Gasteiger partial charge < -0.3 is 14.0 Å². The average molecular weight is 433 g/mol. The topological polar surface area (TPSA) is 56.6 Å². The normalized spacial score (nSPS) is 14.0. The van der Waals surface area contributed by atoms with Crippen LogP contribution in [-0.4, -0.2) is 60.4 Å². The minimum Gasteiger partial charge on any atom is -0.464 e. The van der Waals surface area contributed by atoms with E-state index in [0.717, 1.165) is 29.8 Å². The van der Waals surface area contributed by atoms with E-state index in [9.17, 15) is 9.18 Å². The van der Waals surface area contributed by atoms with Crippen LogP contribution in [0.3, 0.4) is 0 Å². The lowest BCUT2D eigenvalue weighted by molar-refractivity contribution is 0.0443. The molecule has 0 bridgehead atoms. The van der Waals surface area contributed by atoms with Crippen LogP contribution < -0.4 is 0 Å². The van der Waals surface area contributed by atoms with E-state index >= 15 is 0 Å². The summed E-state index contributed by atoms with van der Waals surface area (Å²) in [5.74, 6) is 5.71. The van der Waals surface area contributed by atoms with Gasteiger partial charge in [0.25, 0.3) is 0 Å². The molecule has 0 radical (unpaired) electrons. The molecule has 0 spiro atoms. The van der Waals surface area contributed by atoms with Crippen molar-refractivity contribution >= 4 is 5.97 Å². The Morgan fingerprint density at radius 1 is 1.09 bits per heavy atom. The van der Waals surface area contributed by atoms with Gasteiger partial charge in [0.15, 0.2) is 0 Å². The van der Waals surface area contributed by atoms with Gasteiger partial charge in [-0.05, 0) is 41.3 Å². The number of esters is 1. The third-order valence-corrected chi connectivity index (χ3v) is 5.49. The van der Waals surface area contributed by atoms with E-state index in [1.54, 1.807) is 36.1 Å². The van der Waals surface area contributed by atoms with Gasteiger partial charge in [-0.25, -0.2) is 9.18 Å². The zero-order chi connectivity index (χ0) is 22.5. The average Bonchev–Trinajstić information content (AvgIpc) is 3.12. The minimum absolute atomic E-state index is 0.330. The third kappa shape index (κ3) is 4.42. The summed E-state index contributed by atoms with van der Waals surface area (Å²) in [4.78, 5) is 19.1. The highest BCUT2D eigenvalue weighted by Gasteiger charge is 2.27. The summed E-state index contributed by atoms with van der Waals surface area (Å²) < 4.78 is 25.9. The summed E-state index contributed by atoms with van der Waals surface area (Å²) in [5.41, 5.74) is 4.06. The van der Waals surface area contributed by atoms with Crippen molar-refractivity contribution in [2.45, 2.75) is 0 Å². The highest BCUT2D eigenvalue weighted by molar-refractivity contribution is 6.03. The molecule has 4 rings (SSSR count). The highest BCUT2D eigenvalue weighted by Crippen LogP contribution is 2.39. The molecule has 164 valence electrons. The third-order valence-electron chi connectivity index (χ3n) is 5.49. The predicted octanol–water partition coefficient (Wildman–Crippen LogP) is 3.36. The lowest BCUT2D eigenvalue weighted by Crippen LogP contribution is -2.36. The van der Waals surface area contributed by atoms with Crippen LogP contribution in [0.15, 0.2) is 48.8 Å². The number of carbonyl (C=O) groups excluding carboxylic acids is 1. The SMILES string of the molecule is COC(=O)c1c(-c2ccncc2)c(-c2ccc(F)cc2)c(C#CCN2CCOCC2)n1C. The Bertz CT molecular complexity index is 1160. The van der Waals surface area contributed by atoms with E-state index < -0.39 is 5.97 Å². The predicted molar refractivity (Wildman–Crippen MR) is 120 cm³/mol. The van der Waals surface area contributed by atoms with Crippen LogP contribution >= 0.6 is 0 Å². The molecule has 32 heavy (non-hydrogen) atoms. The Labute approximate surface area is 186 Å². The lowest BCUT2D eigenvalue weighted by Gasteiger charge is -2.24. The number of rotatable bonds is 4. The smallest absolute Gasteiger partial charge is 0.355 e. The molecule has 1 aliphatic rings. The number of aromatic nitrogens is 2. The fourth-order valence-electron chi connectivity index (χ4n) is 3.86. The number of ether oxygens (including phenoxy) is 2. The van der Waals surface area contributed by atoms with Crippen LogP contribution in [0, 0.1) is 17.7 Å². The molecule has 0 aliphatic carbocycles. The minimum atomic E-state index is -0.469.